The van der Waals surface area contributed by atoms with Crippen LogP contribution >= 0.6 is 27.5 Å². The Morgan fingerprint density at radius 3 is 2.52 bits per heavy atom. The zero-order valence-corrected chi connectivity index (χ0v) is 15.1. The lowest BCUT2D eigenvalue weighted by Gasteiger charge is -2.32. The summed E-state index contributed by atoms with van der Waals surface area (Å²) in [4.78, 5) is 1.73. The number of hydrogen-bond donors (Lipinski definition) is 0. The molecule has 1 nitrogen and oxygen atoms in total. The number of hydrogen-bond acceptors (Lipinski definition) is 1. The summed E-state index contributed by atoms with van der Waals surface area (Å²) in [6, 6.07) is 4.35. The van der Waals surface area contributed by atoms with E-state index in [1.807, 2.05) is 0 Å². The van der Waals surface area contributed by atoms with E-state index in [0.717, 1.165) is 12.1 Å². The van der Waals surface area contributed by atoms with Crippen molar-refractivity contribution in [2.24, 2.45) is 0 Å². The summed E-state index contributed by atoms with van der Waals surface area (Å²) in [5.74, 6) is -1.36. The molecule has 0 bridgehead atoms. The standard InChI is InChI=1S/C17H12BrClF5N/c18-15-13(20)7-14-11(16(15)21)2-1-5-25(14)8-9-3-4-10(6-12(9)19)17(22,23)24/h3-4,6-7H,1-2,5,8H2. The molecule has 0 amide bonds. The van der Waals surface area contributed by atoms with Gasteiger partial charge >= 0.3 is 6.18 Å². The van der Waals surface area contributed by atoms with E-state index in [1.165, 1.54) is 12.1 Å². The summed E-state index contributed by atoms with van der Waals surface area (Å²) < 4.78 is 66.1. The number of alkyl halides is 3. The first-order valence-electron chi connectivity index (χ1n) is 7.45. The van der Waals surface area contributed by atoms with Crippen LogP contribution in [0.1, 0.15) is 23.1 Å². The lowest BCUT2D eigenvalue weighted by atomic mass is 10.00. The fourth-order valence-corrected chi connectivity index (χ4v) is 3.52. The number of nitrogens with zero attached hydrogens (tertiary/aromatic N) is 1. The Labute approximate surface area is 154 Å². The third kappa shape index (κ3) is 3.62. The van der Waals surface area contributed by atoms with Crippen molar-refractivity contribution in [3.63, 3.8) is 0 Å². The maximum absolute atomic E-state index is 14.3. The molecule has 0 fully saturated rings. The van der Waals surface area contributed by atoms with Gasteiger partial charge < -0.3 is 4.90 Å². The van der Waals surface area contributed by atoms with E-state index >= 15 is 0 Å². The molecule has 0 aliphatic carbocycles. The first-order chi connectivity index (χ1) is 11.7. The van der Waals surface area contributed by atoms with Crippen LogP contribution < -0.4 is 4.90 Å². The van der Waals surface area contributed by atoms with Crippen LogP contribution in [0.4, 0.5) is 27.6 Å². The Kier molecular flexibility index (Phi) is 4.99. The third-order valence-corrected chi connectivity index (χ3v) is 5.26. The SMILES string of the molecule is Fc1cc2c(c(F)c1Br)CCCN2Cc1ccc(C(F)(F)F)cc1Cl. The van der Waals surface area contributed by atoms with Gasteiger partial charge in [-0.05, 0) is 52.5 Å². The van der Waals surface area contributed by atoms with Crippen molar-refractivity contribution in [3.8, 4) is 0 Å². The Balaban J connectivity index is 1.94. The molecule has 1 heterocycles. The quantitative estimate of drug-likeness (QED) is 0.388. The summed E-state index contributed by atoms with van der Waals surface area (Å²) in [7, 11) is 0. The van der Waals surface area contributed by atoms with E-state index in [0.29, 0.717) is 36.2 Å². The molecule has 25 heavy (non-hydrogen) atoms. The van der Waals surface area contributed by atoms with Crippen molar-refractivity contribution in [2.75, 3.05) is 11.4 Å². The molecule has 3 rings (SSSR count). The number of anilines is 1. The Morgan fingerprint density at radius 1 is 1.16 bits per heavy atom. The molecule has 8 heteroatoms. The van der Waals surface area contributed by atoms with Gasteiger partial charge in [-0.15, -0.1) is 0 Å². The minimum atomic E-state index is -4.47. The molecule has 0 unspecified atom stereocenters. The first kappa shape index (κ1) is 18.5. The second-order valence-electron chi connectivity index (χ2n) is 5.81. The maximum atomic E-state index is 14.3. The summed E-state index contributed by atoms with van der Waals surface area (Å²) >= 11 is 8.87. The lowest BCUT2D eigenvalue weighted by Crippen LogP contribution is -2.30. The van der Waals surface area contributed by atoms with Crippen molar-refractivity contribution >= 4 is 33.2 Å². The lowest BCUT2D eigenvalue weighted by molar-refractivity contribution is -0.137. The number of rotatable bonds is 2. The highest BCUT2D eigenvalue weighted by molar-refractivity contribution is 9.10. The summed E-state index contributed by atoms with van der Waals surface area (Å²) in [5.41, 5.74) is 0.426. The van der Waals surface area contributed by atoms with Crippen molar-refractivity contribution in [2.45, 2.75) is 25.6 Å². The van der Waals surface area contributed by atoms with E-state index in [4.69, 9.17) is 11.6 Å². The Morgan fingerprint density at radius 2 is 1.88 bits per heavy atom. The van der Waals surface area contributed by atoms with Gasteiger partial charge in [-0.2, -0.15) is 13.2 Å². The van der Waals surface area contributed by atoms with Gasteiger partial charge in [0.15, 0.2) is 0 Å². The fourth-order valence-electron chi connectivity index (χ4n) is 2.93. The van der Waals surface area contributed by atoms with Crippen molar-refractivity contribution in [1.82, 2.24) is 0 Å². The third-order valence-electron chi connectivity index (χ3n) is 4.18. The van der Waals surface area contributed by atoms with Gasteiger partial charge in [0.2, 0.25) is 0 Å². The minimum absolute atomic E-state index is 0.0278. The van der Waals surface area contributed by atoms with Crippen molar-refractivity contribution in [3.05, 3.63) is 62.1 Å². The molecule has 134 valence electrons. The molecule has 2 aromatic rings. The highest BCUT2D eigenvalue weighted by Crippen LogP contribution is 2.37. The van der Waals surface area contributed by atoms with E-state index in [2.05, 4.69) is 15.9 Å². The van der Waals surface area contributed by atoms with Crippen molar-refractivity contribution < 1.29 is 22.0 Å². The van der Waals surface area contributed by atoms with Crippen molar-refractivity contribution in [1.29, 1.82) is 0 Å². The van der Waals surface area contributed by atoms with Gasteiger partial charge in [0.05, 0.1) is 10.0 Å². The van der Waals surface area contributed by atoms with Gasteiger partial charge in [0, 0.05) is 29.4 Å². The molecule has 0 saturated carbocycles. The van der Waals surface area contributed by atoms with Gasteiger partial charge in [-0.25, -0.2) is 8.78 Å². The zero-order valence-electron chi connectivity index (χ0n) is 12.7. The van der Waals surface area contributed by atoms with Crippen LogP contribution in [-0.4, -0.2) is 6.54 Å². The summed E-state index contributed by atoms with van der Waals surface area (Å²) in [5, 5.41) is -0.0278. The zero-order chi connectivity index (χ0) is 18.4. The van der Waals surface area contributed by atoms with E-state index in [-0.39, 0.29) is 16.0 Å². The molecule has 0 radical (unpaired) electrons. The van der Waals surface area contributed by atoms with Gasteiger partial charge in [0.1, 0.15) is 11.6 Å². The van der Waals surface area contributed by atoms with E-state index in [9.17, 15) is 22.0 Å². The van der Waals surface area contributed by atoms with E-state index < -0.39 is 23.4 Å². The second-order valence-corrected chi connectivity index (χ2v) is 7.01. The minimum Gasteiger partial charge on any atom is -0.367 e. The molecule has 1 aliphatic heterocycles. The van der Waals surface area contributed by atoms with Crippen LogP contribution in [0.15, 0.2) is 28.7 Å². The Hall–Kier alpha value is -1.34. The van der Waals surface area contributed by atoms with Crippen LogP contribution in [0, 0.1) is 11.6 Å². The molecule has 2 aromatic carbocycles. The first-order valence-corrected chi connectivity index (χ1v) is 8.62. The average Bonchev–Trinajstić information content (AvgIpc) is 2.54. The predicted molar refractivity (Wildman–Crippen MR) is 89.9 cm³/mol. The molecular weight excluding hydrogens is 429 g/mol. The molecule has 0 saturated heterocycles. The molecular formula is C17H12BrClF5N. The topological polar surface area (TPSA) is 3.24 Å². The van der Waals surface area contributed by atoms with Crippen LogP contribution in [0.3, 0.4) is 0 Å². The predicted octanol–water partition coefficient (Wildman–Crippen LogP) is 6.35. The van der Waals surface area contributed by atoms with Gasteiger partial charge in [0.25, 0.3) is 0 Å². The fraction of sp³-hybridized carbons (Fsp3) is 0.294. The summed E-state index contributed by atoms with van der Waals surface area (Å²) in [6.45, 7) is 0.704. The molecule has 0 aromatic heterocycles. The number of halogens is 7. The monoisotopic (exact) mass is 439 g/mol. The summed E-state index contributed by atoms with van der Waals surface area (Å²) in [6.07, 6.45) is -3.35. The maximum Gasteiger partial charge on any atom is 0.416 e. The smallest absolute Gasteiger partial charge is 0.367 e. The number of fused-ring (bicyclic) bond motifs is 1. The molecule has 0 N–H and O–H groups in total. The second kappa shape index (κ2) is 6.76. The van der Waals surface area contributed by atoms with Crippen LogP contribution in [-0.2, 0) is 19.1 Å². The van der Waals surface area contributed by atoms with Crippen LogP contribution in [0.2, 0.25) is 5.02 Å². The average molecular weight is 441 g/mol. The van der Waals surface area contributed by atoms with Crippen LogP contribution in [0.25, 0.3) is 0 Å². The highest BCUT2D eigenvalue weighted by Gasteiger charge is 2.31. The molecule has 0 atom stereocenters. The normalized spacial score (nSPS) is 14.6. The van der Waals surface area contributed by atoms with E-state index in [1.54, 1.807) is 4.90 Å². The van der Waals surface area contributed by atoms with Crippen LogP contribution in [0.5, 0.6) is 0 Å². The molecule has 0 spiro atoms. The Bertz CT molecular complexity index is 822. The largest absolute Gasteiger partial charge is 0.416 e. The molecule has 1 aliphatic rings. The van der Waals surface area contributed by atoms with Gasteiger partial charge in [-0.3, -0.25) is 0 Å². The van der Waals surface area contributed by atoms with Gasteiger partial charge in [-0.1, -0.05) is 17.7 Å². The highest BCUT2D eigenvalue weighted by atomic mass is 79.9. The number of benzene rings is 2.